The first-order valence-electron chi connectivity index (χ1n) is 5.50. The Morgan fingerprint density at radius 2 is 2.29 bits per heavy atom. The monoisotopic (exact) mass is 193 g/mol. The molecule has 0 saturated heterocycles. The predicted molar refractivity (Wildman–Crippen MR) is 57.3 cm³/mol. The molecule has 1 aliphatic rings. The zero-order chi connectivity index (χ0) is 10.1. The Kier molecular flexibility index (Phi) is 2.59. The highest BCUT2D eigenvalue weighted by molar-refractivity contribution is 5.13. The second-order valence-corrected chi connectivity index (χ2v) is 4.40. The minimum Gasteiger partial charge on any atom is -0.330 e. The van der Waals surface area contributed by atoms with Crippen LogP contribution < -0.4 is 5.73 Å². The summed E-state index contributed by atoms with van der Waals surface area (Å²) < 4.78 is 2.41. The van der Waals surface area contributed by atoms with Gasteiger partial charge in [-0.05, 0) is 19.4 Å². The molecular formula is C11H19N3. The summed E-state index contributed by atoms with van der Waals surface area (Å²) >= 11 is 0. The lowest BCUT2D eigenvalue weighted by atomic mass is 10.2. The lowest BCUT2D eigenvalue weighted by molar-refractivity contribution is 0.614. The minimum atomic E-state index is 0.516. The fourth-order valence-electron chi connectivity index (χ4n) is 1.93. The highest BCUT2D eigenvalue weighted by atomic mass is 15.1. The molecule has 0 amide bonds. The van der Waals surface area contributed by atoms with E-state index in [-0.39, 0.29) is 0 Å². The van der Waals surface area contributed by atoms with E-state index in [2.05, 4.69) is 23.4 Å². The lowest BCUT2D eigenvalue weighted by Gasteiger charge is -2.12. The van der Waals surface area contributed by atoms with E-state index in [0.717, 1.165) is 19.0 Å². The van der Waals surface area contributed by atoms with Crippen molar-refractivity contribution in [2.24, 2.45) is 5.73 Å². The predicted octanol–water partition coefficient (Wildman–Crippen LogP) is 1.84. The second kappa shape index (κ2) is 3.73. The van der Waals surface area contributed by atoms with Gasteiger partial charge >= 0.3 is 0 Å². The first-order chi connectivity index (χ1) is 6.74. The highest BCUT2D eigenvalue weighted by Crippen LogP contribution is 2.38. The molecule has 0 spiro atoms. The molecule has 0 atom stereocenters. The van der Waals surface area contributed by atoms with E-state index in [1.165, 1.54) is 24.4 Å². The first-order valence-corrected chi connectivity index (χ1v) is 5.50. The Bertz CT molecular complexity index is 310. The Morgan fingerprint density at radius 1 is 1.57 bits per heavy atom. The van der Waals surface area contributed by atoms with Gasteiger partial charge in [0.2, 0.25) is 0 Å². The van der Waals surface area contributed by atoms with Crippen molar-refractivity contribution in [3.63, 3.8) is 0 Å². The molecule has 0 bridgehead atoms. The van der Waals surface area contributed by atoms with Crippen molar-refractivity contribution in [2.75, 3.05) is 6.54 Å². The number of aromatic nitrogens is 2. The zero-order valence-electron chi connectivity index (χ0n) is 9.03. The number of hydrogen-bond acceptors (Lipinski definition) is 2. The Balaban J connectivity index is 2.31. The fraction of sp³-hybridized carbons (Fsp3) is 0.727. The molecule has 14 heavy (non-hydrogen) atoms. The molecule has 2 rings (SSSR count). The average Bonchev–Trinajstić information content (AvgIpc) is 2.88. The van der Waals surface area contributed by atoms with Crippen LogP contribution in [0.1, 0.15) is 50.2 Å². The van der Waals surface area contributed by atoms with Gasteiger partial charge < -0.3 is 10.3 Å². The van der Waals surface area contributed by atoms with Crippen LogP contribution in [0.25, 0.3) is 0 Å². The third kappa shape index (κ3) is 1.69. The van der Waals surface area contributed by atoms with Gasteiger partial charge in [-0.2, -0.15) is 0 Å². The second-order valence-electron chi connectivity index (χ2n) is 4.40. The number of nitrogens with two attached hydrogens (primary N) is 1. The van der Waals surface area contributed by atoms with Crippen molar-refractivity contribution in [1.82, 2.24) is 9.55 Å². The van der Waals surface area contributed by atoms with Gasteiger partial charge in [0.15, 0.2) is 0 Å². The quantitative estimate of drug-likeness (QED) is 0.793. The van der Waals surface area contributed by atoms with Crippen LogP contribution in [0.5, 0.6) is 0 Å². The van der Waals surface area contributed by atoms with Crippen LogP contribution in [0.3, 0.4) is 0 Å². The van der Waals surface area contributed by atoms with E-state index in [1.807, 2.05) is 6.20 Å². The molecule has 1 aliphatic carbocycles. The SMILES string of the molecule is CC(C)c1ncc(CCN)n1C1CC1. The summed E-state index contributed by atoms with van der Waals surface area (Å²) in [4.78, 5) is 4.50. The molecule has 1 aromatic heterocycles. The maximum absolute atomic E-state index is 5.59. The normalized spacial score (nSPS) is 16.6. The molecule has 1 aromatic rings. The Hall–Kier alpha value is -0.830. The topological polar surface area (TPSA) is 43.8 Å². The van der Waals surface area contributed by atoms with Crippen LogP contribution in [0.2, 0.25) is 0 Å². The zero-order valence-corrected chi connectivity index (χ0v) is 9.03. The molecule has 0 aromatic carbocycles. The summed E-state index contributed by atoms with van der Waals surface area (Å²) in [6.07, 6.45) is 5.58. The molecular weight excluding hydrogens is 174 g/mol. The maximum Gasteiger partial charge on any atom is 0.111 e. The number of hydrogen-bond donors (Lipinski definition) is 1. The van der Waals surface area contributed by atoms with Crippen LogP contribution >= 0.6 is 0 Å². The molecule has 0 radical (unpaired) electrons. The minimum absolute atomic E-state index is 0.516. The van der Waals surface area contributed by atoms with Crippen molar-refractivity contribution >= 4 is 0 Å². The van der Waals surface area contributed by atoms with Crippen LogP contribution in [-0.2, 0) is 6.42 Å². The van der Waals surface area contributed by atoms with Gasteiger partial charge in [0.1, 0.15) is 5.82 Å². The van der Waals surface area contributed by atoms with Gasteiger partial charge in [-0.1, -0.05) is 13.8 Å². The van der Waals surface area contributed by atoms with Crippen LogP contribution in [0.4, 0.5) is 0 Å². The summed E-state index contributed by atoms with van der Waals surface area (Å²) in [5.74, 6) is 1.75. The number of imidazole rings is 1. The van der Waals surface area contributed by atoms with Crippen molar-refractivity contribution in [3.8, 4) is 0 Å². The molecule has 0 unspecified atom stereocenters. The van der Waals surface area contributed by atoms with Crippen molar-refractivity contribution in [2.45, 2.75) is 45.1 Å². The standard InChI is InChI=1S/C11H19N3/c1-8(2)11-13-7-10(5-6-12)14(11)9-3-4-9/h7-9H,3-6,12H2,1-2H3. The van der Waals surface area contributed by atoms with Gasteiger partial charge in [-0.3, -0.25) is 0 Å². The molecule has 78 valence electrons. The van der Waals surface area contributed by atoms with Gasteiger partial charge in [0.05, 0.1) is 0 Å². The van der Waals surface area contributed by atoms with Crippen molar-refractivity contribution in [3.05, 3.63) is 17.7 Å². The third-order valence-corrected chi connectivity index (χ3v) is 2.73. The summed E-state index contributed by atoms with van der Waals surface area (Å²) in [6, 6.07) is 0.719. The average molecular weight is 193 g/mol. The largest absolute Gasteiger partial charge is 0.330 e. The molecule has 3 nitrogen and oxygen atoms in total. The van der Waals surface area contributed by atoms with Crippen molar-refractivity contribution in [1.29, 1.82) is 0 Å². The third-order valence-electron chi connectivity index (χ3n) is 2.73. The Labute approximate surface area is 85.3 Å². The first kappa shape index (κ1) is 9.71. The molecule has 3 heteroatoms. The molecule has 0 aliphatic heterocycles. The molecule has 1 saturated carbocycles. The molecule has 1 fully saturated rings. The van der Waals surface area contributed by atoms with Crippen LogP contribution in [0, 0.1) is 0 Å². The van der Waals surface area contributed by atoms with E-state index in [1.54, 1.807) is 0 Å². The van der Waals surface area contributed by atoms with Gasteiger partial charge in [0.25, 0.3) is 0 Å². The van der Waals surface area contributed by atoms with E-state index >= 15 is 0 Å². The number of nitrogens with zero attached hydrogens (tertiary/aromatic N) is 2. The summed E-state index contributed by atoms with van der Waals surface area (Å²) in [6.45, 7) is 5.12. The van der Waals surface area contributed by atoms with Crippen LogP contribution in [0.15, 0.2) is 6.20 Å². The molecule has 1 heterocycles. The maximum atomic E-state index is 5.59. The summed E-state index contributed by atoms with van der Waals surface area (Å²) in [7, 11) is 0. The van der Waals surface area contributed by atoms with E-state index in [9.17, 15) is 0 Å². The Morgan fingerprint density at radius 3 is 2.79 bits per heavy atom. The number of rotatable bonds is 4. The summed E-state index contributed by atoms with van der Waals surface area (Å²) in [5, 5.41) is 0. The lowest BCUT2D eigenvalue weighted by Crippen LogP contribution is -2.11. The van der Waals surface area contributed by atoms with Gasteiger partial charge in [0, 0.05) is 30.3 Å². The van der Waals surface area contributed by atoms with Crippen LogP contribution in [-0.4, -0.2) is 16.1 Å². The van der Waals surface area contributed by atoms with E-state index in [4.69, 9.17) is 5.73 Å². The van der Waals surface area contributed by atoms with Gasteiger partial charge in [-0.25, -0.2) is 4.98 Å². The van der Waals surface area contributed by atoms with E-state index in [0.29, 0.717) is 5.92 Å². The van der Waals surface area contributed by atoms with Gasteiger partial charge in [-0.15, -0.1) is 0 Å². The smallest absolute Gasteiger partial charge is 0.111 e. The summed E-state index contributed by atoms with van der Waals surface area (Å²) in [5.41, 5.74) is 6.91. The molecule has 2 N–H and O–H groups in total. The fourth-order valence-corrected chi connectivity index (χ4v) is 1.93. The highest BCUT2D eigenvalue weighted by Gasteiger charge is 2.28. The van der Waals surface area contributed by atoms with E-state index < -0.39 is 0 Å². The van der Waals surface area contributed by atoms with Crippen molar-refractivity contribution < 1.29 is 0 Å².